The van der Waals surface area contributed by atoms with E-state index in [-0.39, 0.29) is 37.8 Å². The van der Waals surface area contributed by atoms with Crippen LogP contribution in [0.2, 0.25) is 0 Å². The van der Waals surface area contributed by atoms with Gasteiger partial charge < -0.3 is 9.80 Å². The summed E-state index contributed by atoms with van der Waals surface area (Å²) in [5, 5.41) is 6.58. The molecule has 9 heteroatoms. The Morgan fingerprint density at radius 3 is 2.16 bits per heavy atom. The van der Waals surface area contributed by atoms with Crippen molar-refractivity contribution in [1.29, 1.82) is 0 Å². The highest BCUT2D eigenvalue weighted by Crippen LogP contribution is 2.18. The van der Waals surface area contributed by atoms with Gasteiger partial charge in [-0.2, -0.15) is 5.10 Å². The van der Waals surface area contributed by atoms with E-state index in [1.54, 1.807) is 13.0 Å². The van der Waals surface area contributed by atoms with Crippen LogP contribution in [0.3, 0.4) is 0 Å². The maximum atomic E-state index is 13.8. The van der Waals surface area contributed by atoms with Crippen LogP contribution >= 0.6 is 0 Å². The molecule has 2 amide bonds. The summed E-state index contributed by atoms with van der Waals surface area (Å²) >= 11 is 0. The van der Waals surface area contributed by atoms with E-state index in [1.165, 1.54) is 9.80 Å². The molecule has 132 valence electrons. The molecule has 1 aromatic carbocycles. The average molecular weight is 352 g/mol. The Morgan fingerprint density at radius 2 is 1.60 bits per heavy atom. The predicted molar refractivity (Wildman–Crippen MR) is 81.4 cm³/mol. The van der Waals surface area contributed by atoms with Crippen molar-refractivity contribution in [3.05, 3.63) is 52.6 Å². The summed E-state index contributed by atoms with van der Waals surface area (Å²) in [6, 6.07) is 3.25. The number of aromatic nitrogens is 2. The minimum absolute atomic E-state index is 0.159. The quantitative estimate of drug-likeness (QED) is 0.837. The van der Waals surface area contributed by atoms with E-state index in [0.29, 0.717) is 6.07 Å². The minimum atomic E-state index is -1.67. The SMILES string of the molecule is Cc1cc(C(=O)N2CCN(C(=O)c3ccc(F)c(F)c3F)CC2)n[nH]1. The number of hydrogen-bond donors (Lipinski definition) is 1. The molecule has 0 saturated carbocycles. The number of carbonyl (C=O) groups excluding carboxylic acids is 2. The molecule has 0 radical (unpaired) electrons. The lowest BCUT2D eigenvalue weighted by Gasteiger charge is -2.34. The molecule has 1 aromatic heterocycles. The van der Waals surface area contributed by atoms with Gasteiger partial charge in [0, 0.05) is 31.9 Å². The second kappa shape index (κ2) is 6.58. The number of halogens is 3. The lowest BCUT2D eigenvalue weighted by molar-refractivity contribution is 0.0529. The van der Waals surface area contributed by atoms with Gasteiger partial charge in [-0.3, -0.25) is 14.7 Å². The van der Waals surface area contributed by atoms with Gasteiger partial charge in [-0.05, 0) is 25.1 Å². The van der Waals surface area contributed by atoms with E-state index in [2.05, 4.69) is 10.2 Å². The number of piperazine rings is 1. The molecule has 25 heavy (non-hydrogen) atoms. The van der Waals surface area contributed by atoms with Gasteiger partial charge in [-0.1, -0.05) is 0 Å². The van der Waals surface area contributed by atoms with Crippen LogP contribution in [0.4, 0.5) is 13.2 Å². The lowest BCUT2D eigenvalue weighted by atomic mass is 10.1. The normalized spacial score (nSPS) is 14.7. The summed E-state index contributed by atoms with van der Waals surface area (Å²) in [4.78, 5) is 27.4. The number of nitrogens with zero attached hydrogens (tertiary/aromatic N) is 3. The van der Waals surface area contributed by atoms with Crippen LogP contribution in [0, 0.1) is 24.4 Å². The molecule has 0 atom stereocenters. The van der Waals surface area contributed by atoms with E-state index < -0.39 is 28.9 Å². The summed E-state index contributed by atoms with van der Waals surface area (Å²) in [5.41, 5.74) is 0.511. The topological polar surface area (TPSA) is 69.3 Å². The van der Waals surface area contributed by atoms with E-state index in [4.69, 9.17) is 0 Å². The van der Waals surface area contributed by atoms with E-state index in [9.17, 15) is 22.8 Å². The molecular formula is C16H15F3N4O2. The monoisotopic (exact) mass is 352 g/mol. The average Bonchev–Trinajstić information content (AvgIpc) is 3.05. The standard InChI is InChI=1S/C16H15F3N4O2/c1-9-8-12(21-20-9)16(25)23-6-4-22(5-7-23)15(24)10-2-3-11(17)14(19)13(10)18/h2-3,8H,4-7H2,1H3,(H,20,21). The number of carbonyl (C=O) groups is 2. The third-order valence-corrected chi connectivity index (χ3v) is 4.04. The number of aryl methyl sites for hydroxylation is 1. The zero-order valence-electron chi connectivity index (χ0n) is 13.4. The van der Waals surface area contributed by atoms with Crippen LogP contribution in [0.15, 0.2) is 18.2 Å². The molecular weight excluding hydrogens is 337 g/mol. The van der Waals surface area contributed by atoms with Crippen molar-refractivity contribution in [2.24, 2.45) is 0 Å². The van der Waals surface area contributed by atoms with Crippen molar-refractivity contribution in [3.63, 3.8) is 0 Å². The lowest BCUT2D eigenvalue weighted by Crippen LogP contribution is -2.50. The van der Waals surface area contributed by atoms with Crippen molar-refractivity contribution in [2.45, 2.75) is 6.92 Å². The third kappa shape index (κ3) is 3.21. The maximum absolute atomic E-state index is 13.8. The summed E-state index contributed by atoms with van der Waals surface area (Å²) in [6.45, 7) is 2.57. The number of nitrogens with one attached hydrogen (secondary N) is 1. The molecule has 6 nitrogen and oxygen atoms in total. The second-order valence-corrected chi connectivity index (χ2v) is 5.74. The molecule has 0 unspecified atom stereocenters. The van der Waals surface area contributed by atoms with Gasteiger partial charge >= 0.3 is 0 Å². The van der Waals surface area contributed by atoms with Crippen LogP contribution in [0.1, 0.15) is 26.5 Å². The van der Waals surface area contributed by atoms with Crippen molar-refractivity contribution in [3.8, 4) is 0 Å². The summed E-state index contributed by atoms with van der Waals surface area (Å²) in [6.07, 6.45) is 0. The molecule has 0 bridgehead atoms. The number of rotatable bonds is 2. The molecule has 3 rings (SSSR count). The van der Waals surface area contributed by atoms with E-state index >= 15 is 0 Å². The third-order valence-electron chi connectivity index (χ3n) is 4.04. The zero-order valence-corrected chi connectivity index (χ0v) is 13.4. The van der Waals surface area contributed by atoms with Gasteiger partial charge in [-0.25, -0.2) is 13.2 Å². The van der Waals surface area contributed by atoms with Crippen LogP contribution in [-0.2, 0) is 0 Å². The number of hydrogen-bond acceptors (Lipinski definition) is 3. The second-order valence-electron chi connectivity index (χ2n) is 5.74. The first kappa shape index (κ1) is 17.0. The van der Waals surface area contributed by atoms with Gasteiger partial charge in [0.05, 0.1) is 5.56 Å². The molecule has 1 fully saturated rings. The summed E-state index contributed by atoms with van der Waals surface area (Å²) < 4.78 is 40.0. The van der Waals surface area contributed by atoms with Gasteiger partial charge in [0.2, 0.25) is 0 Å². The van der Waals surface area contributed by atoms with Crippen molar-refractivity contribution in [2.75, 3.05) is 26.2 Å². The van der Waals surface area contributed by atoms with E-state index in [1.807, 2.05) is 0 Å². The fraction of sp³-hybridized carbons (Fsp3) is 0.312. The molecule has 2 aromatic rings. The molecule has 0 spiro atoms. The van der Waals surface area contributed by atoms with Crippen molar-refractivity contribution >= 4 is 11.8 Å². The molecule has 2 heterocycles. The van der Waals surface area contributed by atoms with Gasteiger partial charge in [-0.15, -0.1) is 0 Å². The fourth-order valence-electron chi connectivity index (χ4n) is 2.66. The predicted octanol–water partition coefficient (Wildman–Crippen LogP) is 1.73. The van der Waals surface area contributed by atoms with E-state index in [0.717, 1.165) is 11.8 Å². The number of benzene rings is 1. The van der Waals surface area contributed by atoms with Crippen molar-refractivity contribution < 1.29 is 22.8 Å². The Hall–Kier alpha value is -2.84. The van der Waals surface area contributed by atoms with Crippen LogP contribution in [0.25, 0.3) is 0 Å². The Bertz CT molecular complexity index is 829. The number of aromatic amines is 1. The highest BCUT2D eigenvalue weighted by Gasteiger charge is 2.28. The van der Waals surface area contributed by atoms with Crippen LogP contribution in [0.5, 0.6) is 0 Å². The Morgan fingerprint density at radius 1 is 1.00 bits per heavy atom. The van der Waals surface area contributed by atoms with Gasteiger partial charge in [0.1, 0.15) is 5.69 Å². The highest BCUT2D eigenvalue weighted by atomic mass is 19.2. The maximum Gasteiger partial charge on any atom is 0.274 e. The molecule has 1 aliphatic heterocycles. The van der Waals surface area contributed by atoms with Crippen LogP contribution in [-0.4, -0.2) is 58.0 Å². The van der Waals surface area contributed by atoms with Gasteiger partial charge in [0.25, 0.3) is 11.8 Å². The van der Waals surface area contributed by atoms with Crippen molar-refractivity contribution in [1.82, 2.24) is 20.0 Å². The first-order chi connectivity index (χ1) is 11.9. The molecule has 1 N–H and O–H groups in total. The smallest absolute Gasteiger partial charge is 0.274 e. The number of amides is 2. The summed E-state index contributed by atoms with van der Waals surface area (Å²) in [5.74, 6) is -5.53. The largest absolute Gasteiger partial charge is 0.335 e. The fourth-order valence-corrected chi connectivity index (χ4v) is 2.66. The zero-order chi connectivity index (χ0) is 18.1. The Balaban J connectivity index is 1.67. The molecule has 0 aliphatic carbocycles. The Kier molecular flexibility index (Phi) is 4.47. The first-order valence-electron chi connectivity index (χ1n) is 7.62. The molecule has 1 aliphatic rings. The first-order valence-corrected chi connectivity index (χ1v) is 7.62. The Labute approximate surface area is 141 Å². The minimum Gasteiger partial charge on any atom is -0.335 e. The highest BCUT2D eigenvalue weighted by molar-refractivity contribution is 5.95. The van der Waals surface area contributed by atoms with Crippen LogP contribution < -0.4 is 0 Å². The molecule has 1 saturated heterocycles. The van der Waals surface area contributed by atoms with Gasteiger partial charge in [0.15, 0.2) is 17.5 Å². The number of H-pyrrole nitrogens is 1. The summed E-state index contributed by atoms with van der Waals surface area (Å²) in [7, 11) is 0.